The second-order valence-electron chi connectivity index (χ2n) is 4.80. The van der Waals surface area contributed by atoms with Crippen LogP contribution in [0.4, 0.5) is 0 Å². The van der Waals surface area contributed by atoms with E-state index in [4.69, 9.17) is 17.3 Å². The van der Waals surface area contributed by atoms with Crippen LogP contribution in [-0.2, 0) is 12.5 Å². The zero-order valence-electron chi connectivity index (χ0n) is 8.84. The maximum Gasteiger partial charge on any atom is 0.150 e. The summed E-state index contributed by atoms with van der Waals surface area (Å²) in [4.78, 5) is 4.11. The first-order valence-corrected chi connectivity index (χ1v) is 5.22. The fourth-order valence-electron chi connectivity index (χ4n) is 2.25. The molecule has 0 atom stereocenters. The first kappa shape index (κ1) is 9.99. The first-order valence-electron chi connectivity index (χ1n) is 4.85. The molecule has 0 saturated heterocycles. The molecule has 4 heteroatoms. The molecule has 1 heterocycles. The number of hydrogen-bond donors (Lipinski definition) is 1. The highest BCUT2D eigenvalue weighted by Crippen LogP contribution is 2.55. The summed E-state index contributed by atoms with van der Waals surface area (Å²) in [5.41, 5.74) is 7.10. The molecule has 3 nitrogen and oxygen atoms in total. The summed E-state index contributed by atoms with van der Waals surface area (Å²) in [6, 6.07) is 0. The molecule has 78 valence electrons. The van der Waals surface area contributed by atoms with Crippen LogP contribution in [0.3, 0.4) is 0 Å². The van der Waals surface area contributed by atoms with Crippen molar-refractivity contribution >= 4 is 11.6 Å². The molecule has 0 radical (unpaired) electrons. The Morgan fingerprint density at radius 1 is 1.57 bits per heavy atom. The van der Waals surface area contributed by atoms with Crippen molar-refractivity contribution in [1.29, 1.82) is 0 Å². The van der Waals surface area contributed by atoms with Crippen molar-refractivity contribution in [1.82, 2.24) is 9.55 Å². The van der Waals surface area contributed by atoms with Crippen LogP contribution in [0.15, 0.2) is 6.33 Å². The van der Waals surface area contributed by atoms with Gasteiger partial charge in [-0.3, -0.25) is 0 Å². The molecule has 0 aromatic carbocycles. The fraction of sp³-hybridized carbons (Fsp3) is 0.700. The third-order valence-electron chi connectivity index (χ3n) is 3.33. The normalized spacial score (nSPS) is 19.8. The van der Waals surface area contributed by atoms with E-state index >= 15 is 0 Å². The summed E-state index contributed by atoms with van der Waals surface area (Å²) >= 11 is 6.09. The fourth-order valence-corrected chi connectivity index (χ4v) is 2.61. The van der Waals surface area contributed by atoms with Crippen LogP contribution in [0.2, 0.25) is 5.15 Å². The van der Waals surface area contributed by atoms with Crippen LogP contribution in [0, 0.1) is 0 Å². The number of imidazole rings is 1. The number of nitrogens with zero attached hydrogens (tertiary/aromatic N) is 2. The molecule has 0 bridgehead atoms. The van der Waals surface area contributed by atoms with Crippen molar-refractivity contribution in [3.8, 4) is 0 Å². The minimum atomic E-state index is -0.232. The van der Waals surface area contributed by atoms with Gasteiger partial charge in [0.15, 0.2) is 5.15 Å². The SMILES string of the molecule is Cn1cnc(Cl)c1C1(C(C)(C)N)CC1. The van der Waals surface area contributed by atoms with E-state index in [0.717, 1.165) is 18.5 Å². The lowest BCUT2D eigenvalue weighted by Gasteiger charge is -2.31. The van der Waals surface area contributed by atoms with E-state index < -0.39 is 0 Å². The van der Waals surface area contributed by atoms with E-state index in [2.05, 4.69) is 18.8 Å². The molecule has 0 unspecified atom stereocenters. The van der Waals surface area contributed by atoms with Gasteiger partial charge in [-0.25, -0.2) is 4.98 Å². The lowest BCUT2D eigenvalue weighted by Crippen LogP contribution is -2.46. The minimum Gasteiger partial charge on any atom is -0.336 e. The van der Waals surface area contributed by atoms with Crippen LogP contribution < -0.4 is 5.73 Å². The monoisotopic (exact) mass is 213 g/mol. The molecular formula is C10H16ClN3. The molecule has 1 aliphatic carbocycles. The number of aromatic nitrogens is 2. The molecule has 1 aromatic rings. The van der Waals surface area contributed by atoms with Gasteiger partial charge < -0.3 is 10.3 Å². The zero-order chi connectivity index (χ0) is 10.6. The highest BCUT2D eigenvalue weighted by Gasteiger charge is 2.56. The minimum absolute atomic E-state index is 0.0370. The van der Waals surface area contributed by atoms with Gasteiger partial charge in [0.25, 0.3) is 0 Å². The first-order chi connectivity index (χ1) is 6.38. The van der Waals surface area contributed by atoms with Gasteiger partial charge in [-0.05, 0) is 26.7 Å². The number of hydrogen-bond acceptors (Lipinski definition) is 2. The number of halogens is 1. The quantitative estimate of drug-likeness (QED) is 0.815. The van der Waals surface area contributed by atoms with Crippen molar-refractivity contribution in [2.75, 3.05) is 0 Å². The summed E-state index contributed by atoms with van der Waals surface area (Å²) in [5.74, 6) is 0. The van der Waals surface area contributed by atoms with Crippen molar-refractivity contribution in [3.63, 3.8) is 0 Å². The molecular weight excluding hydrogens is 198 g/mol. The third kappa shape index (κ3) is 1.19. The molecule has 1 aliphatic rings. The lowest BCUT2D eigenvalue weighted by atomic mass is 9.82. The largest absolute Gasteiger partial charge is 0.336 e. The molecule has 14 heavy (non-hydrogen) atoms. The standard InChI is InChI=1S/C10H16ClN3/c1-9(2,12)10(4-5-10)7-8(11)13-6-14(7)3/h6H,4-5,12H2,1-3H3. The second-order valence-corrected chi connectivity index (χ2v) is 5.16. The van der Waals surface area contributed by atoms with Crippen LogP contribution in [0.25, 0.3) is 0 Å². The molecule has 2 rings (SSSR count). The third-order valence-corrected chi connectivity index (χ3v) is 3.61. The Kier molecular flexibility index (Phi) is 1.95. The second kappa shape index (κ2) is 2.74. The van der Waals surface area contributed by atoms with E-state index in [0.29, 0.717) is 5.15 Å². The van der Waals surface area contributed by atoms with Gasteiger partial charge in [0.05, 0.1) is 12.0 Å². The highest BCUT2D eigenvalue weighted by atomic mass is 35.5. The maximum absolute atomic E-state index is 6.20. The van der Waals surface area contributed by atoms with Crippen LogP contribution in [0.5, 0.6) is 0 Å². The Morgan fingerprint density at radius 2 is 2.14 bits per heavy atom. The zero-order valence-corrected chi connectivity index (χ0v) is 9.60. The average molecular weight is 214 g/mol. The summed E-state index contributed by atoms with van der Waals surface area (Å²) in [6.45, 7) is 4.12. The molecule has 2 N–H and O–H groups in total. The Labute approximate surface area is 89.3 Å². The van der Waals surface area contributed by atoms with Gasteiger partial charge in [-0.1, -0.05) is 11.6 Å². The van der Waals surface area contributed by atoms with Crippen molar-refractivity contribution < 1.29 is 0 Å². The van der Waals surface area contributed by atoms with Gasteiger partial charge in [-0.15, -0.1) is 0 Å². The number of nitrogens with two attached hydrogens (primary N) is 1. The van der Waals surface area contributed by atoms with E-state index in [1.54, 1.807) is 6.33 Å². The average Bonchev–Trinajstić information content (AvgIpc) is 2.76. The van der Waals surface area contributed by atoms with Crippen molar-refractivity contribution in [2.24, 2.45) is 12.8 Å². The number of rotatable bonds is 2. The molecule has 1 saturated carbocycles. The summed E-state index contributed by atoms with van der Waals surface area (Å²) in [5, 5.41) is 0.600. The molecule has 0 aliphatic heterocycles. The Hall–Kier alpha value is -0.540. The summed E-state index contributed by atoms with van der Waals surface area (Å²) in [6.07, 6.45) is 3.97. The van der Waals surface area contributed by atoms with Gasteiger partial charge >= 0.3 is 0 Å². The molecule has 1 fully saturated rings. The van der Waals surface area contributed by atoms with E-state index in [9.17, 15) is 0 Å². The predicted molar refractivity (Wildman–Crippen MR) is 57.4 cm³/mol. The van der Waals surface area contributed by atoms with Gasteiger partial charge in [0, 0.05) is 18.0 Å². The topological polar surface area (TPSA) is 43.8 Å². The van der Waals surface area contributed by atoms with Gasteiger partial charge in [0.2, 0.25) is 0 Å². The van der Waals surface area contributed by atoms with Crippen molar-refractivity contribution in [3.05, 3.63) is 17.2 Å². The molecule has 1 aromatic heterocycles. The molecule has 0 spiro atoms. The van der Waals surface area contributed by atoms with Gasteiger partial charge in [0.1, 0.15) is 0 Å². The Balaban J connectivity index is 2.50. The lowest BCUT2D eigenvalue weighted by molar-refractivity contribution is 0.376. The smallest absolute Gasteiger partial charge is 0.150 e. The van der Waals surface area contributed by atoms with E-state index in [-0.39, 0.29) is 11.0 Å². The van der Waals surface area contributed by atoms with Gasteiger partial charge in [-0.2, -0.15) is 0 Å². The predicted octanol–water partition coefficient (Wildman–Crippen LogP) is 1.84. The summed E-state index contributed by atoms with van der Waals surface area (Å²) < 4.78 is 1.99. The van der Waals surface area contributed by atoms with Crippen LogP contribution in [0.1, 0.15) is 32.4 Å². The van der Waals surface area contributed by atoms with E-state index in [1.807, 2.05) is 11.6 Å². The Morgan fingerprint density at radius 3 is 2.43 bits per heavy atom. The number of aryl methyl sites for hydroxylation is 1. The Bertz CT molecular complexity index is 338. The summed E-state index contributed by atoms with van der Waals surface area (Å²) in [7, 11) is 1.97. The highest BCUT2D eigenvalue weighted by molar-refractivity contribution is 6.30. The van der Waals surface area contributed by atoms with Crippen LogP contribution >= 0.6 is 11.6 Å². The molecule has 0 amide bonds. The van der Waals surface area contributed by atoms with Crippen molar-refractivity contribution in [2.45, 2.75) is 37.6 Å². The van der Waals surface area contributed by atoms with E-state index in [1.165, 1.54) is 0 Å². The maximum atomic E-state index is 6.20. The van der Waals surface area contributed by atoms with Crippen LogP contribution in [-0.4, -0.2) is 15.1 Å².